The third-order valence-electron chi connectivity index (χ3n) is 3.55. The van der Waals surface area contributed by atoms with Gasteiger partial charge in [0.25, 0.3) is 0 Å². The minimum atomic E-state index is -0.318. The van der Waals surface area contributed by atoms with E-state index < -0.39 is 0 Å². The van der Waals surface area contributed by atoms with Crippen molar-refractivity contribution in [2.45, 2.75) is 13.0 Å². The molecule has 1 saturated heterocycles. The van der Waals surface area contributed by atoms with Gasteiger partial charge in [-0.3, -0.25) is 4.79 Å². The van der Waals surface area contributed by atoms with Crippen LogP contribution < -0.4 is 11.1 Å². The van der Waals surface area contributed by atoms with E-state index in [4.69, 9.17) is 10.5 Å². The number of anilines is 1. The van der Waals surface area contributed by atoms with Gasteiger partial charge in [0, 0.05) is 11.7 Å². The van der Waals surface area contributed by atoms with E-state index in [9.17, 15) is 4.79 Å². The number of amides is 1. The maximum absolute atomic E-state index is 12.3. The van der Waals surface area contributed by atoms with Gasteiger partial charge in [-0.2, -0.15) is 0 Å². The minimum Gasteiger partial charge on any atom is -0.379 e. The molecule has 0 saturated carbocycles. The monoisotopic (exact) mass is 288 g/mol. The molecule has 0 spiro atoms. The molecule has 3 N–H and O–H groups in total. The molecule has 2 heterocycles. The van der Waals surface area contributed by atoms with E-state index in [1.807, 2.05) is 25.1 Å². The number of aromatic nitrogens is 4. The van der Waals surface area contributed by atoms with Crippen LogP contribution >= 0.6 is 0 Å². The van der Waals surface area contributed by atoms with Crippen molar-refractivity contribution in [3.05, 3.63) is 30.1 Å². The molecule has 3 rings (SSSR count). The molecular formula is C13H16N6O2. The van der Waals surface area contributed by atoms with Crippen LogP contribution in [0.15, 0.2) is 24.5 Å². The fraction of sp³-hybridized carbons (Fsp3) is 0.385. The topological polar surface area (TPSA) is 108 Å². The lowest BCUT2D eigenvalue weighted by Gasteiger charge is -2.15. The third-order valence-corrected chi connectivity index (χ3v) is 3.55. The van der Waals surface area contributed by atoms with E-state index >= 15 is 0 Å². The van der Waals surface area contributed by atoms with Crippen molar-refractivity contribution in [1.82, 2.24) is 20.2 Å². The lowest BCUT2D eigenvalue weighted by Crippen LogP contribution is -2.37. The van der Waals surface area contributed by atoms with Gasteiger partial charge in [-0.05, 0) is 35.0 Å². The second-order valence-corrected chi connectivity index (χ2v) is 5.05. The maximum atomic E-state index is 12.3. The molecule has 1 fully saturated rings. The number of nitrogens with zero attached hydrogens (tertiary/aromatic N) is 4. The average molecular weight is 288 g/mol. The molecule has 1 aliphatic heterocycles. The second-order valence-electron chi connectivity index (χ2n) is 5.05. The zero-order valence-corrected chi connectivity index (χ0v) is 11.6. The standard InChI is InChI=1S/C13H16N6O2/c1-8-2-3-9(19-7-15-17-18-19)4-12(8)16-13(20)10-5-21-6-11(10)14/h2-4,7,10-11H,5-6,14H2,1H3,(H,16,20). The van der Waals surface area contributed by atoms with Gasteiger partial charge in [0.2, 0.25) is 5.91 Å². The van der Waals surface area contributed by atoms with Crippen LogP contribution in [-0.4, -0.2) is 45.4 Å². The fourth-order valence-electron chi connectivity index (χ4n) is 2.23. The first-order valence-corrected chi connectivity index (χ1v) is 6.63. The normalized spacial score (nSPS) is 21.4. The van der Waals surface area contributed by atoms with E-state index in [1.165, 1.54) is 11.0 Å². The molecule has 0 radical (unpaired) electrons. The van der Waals surface area contributed by atoms with Crippen LogP contribution in [0.2, 0.25) is 0 Å². The Morgan fingerprint density at radius 3 is 3.00 bits per heavy atom. The zero-order chi connectivity index (χ0) is 14.8. The van der Waals surface area contributed by atoms with E-state index in [0.717, 1.165) is 11.3 Å². The highest BCUT2D eigenvalue weighted by Crippen LogP contribution is 2.21. The molecule has 0 bridgehead atoms. The van der Waals surface area contributed by atoms with Gasteiger partial charge in [-0.25, -0.2) is 4.68 Å². The second kappa shape index (κ2) is 5.58. The molecule has 8 nitrogen and oxygen atoms in total. The van der Waals surface area contributed by atoms with Crippen LogP contribution in [0.3, 0.4) is 0 Å². The third kappa shape index (κ3) is 2.76. The first-order chi connectivity index (χ1) is 10.1. The Hall–Kier alpha value is -2.32. The number of rotatable bonds is 3. The molecule has 21 heavy (non-hydrogen) atoms. The Morgan fingerprint density at radius 1 is 1.48 bits per heavy atom. The molecule has 8 heteroatoms. The molecule has 0 aliphatic carbocycles. The summed E-state index contributed by atoms with van der Waals surface area (Å²) in [6.07, 6.45) is 1.50. The van der Waals surface area contributed by atoms with Crippen LogP contribution in [0.25, 0.3) is 5.69 Å². The summed E-state index contributed by atoms with van der Waals surface area (Å²) in [5.74, 6) is -0.446. The fourth-order valence-corrected chi connectivity index (χ4v) is 2.23. The van der Waals surface area contributed by atoms with Gasteiger partial charge in [0.1, 0.15) is 6.33 Å². The lowest BCUT2D eigenvalue weighted by atomic mass is 10.0. The van der Waals surface area contributed by atoms with Gasteiger partial charge in [-0.1, -0.05) is 6.07 Å². The van der Waals surface area contributed by atoms with E-state index in [1.54, 1.807) is 0 Å². The predicted octanol–water partition coefficient (Wildman–Crippen LogP) is -0.117. The number of ether oxygens (including phenoxy) is 1. The van der Waals surface area contributed by atoms with Crippen LogP contribution in [0, 0.1) is 12.8 Å². The molecule has 110 valence electrons. The number of nitrogens with two attached hydrogens (primary N) is 1. The van der Waals surface area contributed by atoms with Crippen LogP contribution in [0.4, 0.5) is 5.69 Å². The summed E-state index contributed by atoms with van der Waals surface area (Å²) < 4.78 is 6.75. The predicted molar refractivity (Wildman–Crippen MR) is 74.8 cm³/mol. The molecule has 1 aliphatic rings. The Kier molecular flexibility index (Phi) is 3.63. The molecule has 2 atom stereocenters. The number of aryl methyl sites for hydroxylation is 1. The Bertz CT molecular complexity index is 642. The number of carbonyl (C=O) groups is 1. The summed E-state index contributed by atoms with van der Waals surface area (Å²) in [4.78, 5) is 12.3. The summed E-state index contributed by atoms with van der Waals surface area (Å²) in [6.45, 7) is 2.70. The number of tetrazole rings is 1. The van der Waals surface area contributed by atoms with Crippen molar-refractivity contribution in [2.75, 3.05) is 18.5 Å². The van der Waals surface area contributed by atoms with Gasteiger partial charge < -0.3 is 15.8 Å². The molecule has 2 unspecified atom stereocenters. The molecule has 1 aromatic carbocycles. The maximum Gasteiger partial charge on any atom is 0.231 e. The van der Waals surface area contributed by atoms with Crippen LogP contribution in [-0.2, 0) is 9.53 Å². The number of hydrogen-bond acceptors (Lipinski definition) is 6. The van der Waals surface area contributed by atoms with Gasteiger partial charge >= 0.3 is 0 Å². The first kappa shape index (κ1) is 13.7. The number of hydrogen-bond donors (Lipinski definition) is 2. The molecular weight excluding hydrogens is 272 g/mol. The number of carbonyl (C=O) groups excluding carboxylic acids is 1. The smallest absolute Gasteiger partial charge is 0.231 e. The largest absolute Gasteiger partial charge is 0.379 e. The molecule has 2 aromatic rings. The number of nitrogens with one attached hydrogen (secondary N) is 1. The number of benzene rings is 1. The van der Waals surface area contributed by atoms with E-state index in [0.29, 0.717) is 18.9 Å². The van der Waals surface area contributed by atoms with Gasteiger partial charge in [0.15, 0.2) is 0 Å². The van der Waals surface area contributed by atoms with Crippen molar-refractivity contribution in [1.29, 1.82) is 0 Å². The summed E-state index contributed by atoms with van der Waals surface area (Å²) >= 11 is 0. The zero-order valence-electron chi connectivity index (χ0n) is 11.6. The first-order valence-electron chi connectivity index (χ1n) is 6.63. The summed E-state index contributed by atoms with van der Waals surface area (Å²) in [7, 11) is 0. The summed E-state index contributed by atoms with van der Waals surface area (Å²) in [5, 5.41) is 13.9. The Balaban J connectivity index is 1.81. The van der Waals surface area contributed by atoms with Gasteiger partial charge in [-0.15, -0.1) is 5.10 Å². The summed E-state index contributed by atoms with van der Waals surface area (Å²) in [6, 6.07) is 5.35. The van der Waals surface area contributed by atoms with Crippen molar-refractivity contribution < 1.29 is 9.53 Å². The highest BCUT2D eigenvalue weighted by atomic mass is 16.5. The highest BCUT2D eigenvalue weighted by Gasteiger charge is 2.31. The van der Waals surface area contributed by atoms with Crippen molar-refractivity contribution in [2.24, 2.45) is 11.7 Å². The van der Waals surface area contributed by atoms with Crippen LogP contribution in [0.5, 0.6) is 0 Å². The van der Waals surface area contributed by atoms with Crippen LogP contribution in [0.1, 0.15) is 5.56 Å². The quantitative estimate of drug-likeness (QED) is 0.815. The lowest BCUT2D eigenvalue weighted by molar-refractivity contribution is -0.120. The Labute approximate surface area is 121 Å². The van der Waals surface area contributed by atoms with Gasteiger partial charge in [0.05, 0.1) is 24.8 Å². The molecule has 1 aromatic heterocycles. The van der Waals surface area contributed by atoms with Crippen molar-refractivity contribution >= 4 is 11.6 Å². The highest BCUT2D eigenvalue weighted by molar-refractivity contribution is 5.94. The molecule has 1 amide bonds. The van der Waals surface area contributed by atoms with Crippen molar-refractivity contribution in [3.63, 3.8) is 0 Å². The average Bonchev–Trinajstić information content (AvgIpc) is 3.12. The minimum absolute atomic E-state index is 0.128. The van der Waals surface area contributed by atoms with E-state index in [2.05, 4.69) is 20.8 Å². The van der Waals surface area contributed by atoms with Crippen molar-refractivity contribution in [3.8, 4) is 5.69 Å². The summed E-state index contributed by atoms with van der Waals surface area (Å²) in [5.41, 5.74) is 8.30. The van der Waals surface area contributed by atoms with E-state index in [-0.39, 0.29) is 17.9 Å². The Morgan fingerprint density at radius 2 is 2.33 bits per heavy atom. The SMILES string of the molecule is Cc1ccc(-n2cnnn2)cc1NC(=O)C1COCC1N.